The molecule has 2 N–H and O–H groups in total. The molecule has 0 aliphatic carbocycles. The zero-order chi connectivity index (χ0) is 22.1. The largest absolute Gasteiger partial charge is 0.497 e. The van der Waals surface area contributed by atoms with E-state index in [1.54, 1.807) is 37.5 Å². The maximum Gasteiger partial charge on any atom is 0.267 e. The zero-order valence-corrected chi connectivity index (χ0v) is 17.7. The Morgan fingerprint density at radius 2 is 1.58 bits per heavy atom. The molecule has 0 fully saturated rings. The van der Waals surface area contributed by atoms with Crippen molar-refractivity contribution in [2.45, 2.75) is 13.3 Å². The number of nitrogens with one attached hydrogen (secondary N) is 2. The van der Waals surface area contributed by atoms with E-state index in [0.717, 1.165) is 22.4 Å². The van der Waals surface area contributed by atoms with Gasteiger partial charge in [-0.05, 0) is 54.8 Å². The number of hydrogen-bond donors (Lipinski definition) is 2. The molecule has 0 saturated carbocycles. The maximum atomic E-state index is 12.9. The van der Waals surface area contributed by atoms with Gasteiger partial charge in [0.2, 0.25) is 0 Å². The number of amides is 2. The number of hydrogen-bond acceptors (Lipinski definition) is 3. The molecule has 31 heavy (non-hydrogen) atoms. The van der Waals surface area contributed by atoms with Gasteiger partial charge < -0.3 is 15.4 Å². The predicted octanol–water partition coefficient (Wildman–Crippen LogP) is 4.13. The van der Waals surface area contributed by atoms with Crippen molar-refractivity contribution in [3.8, 4) is 5.75 Å². The fourth-order valence-electron chi connectivity index (χ4n) is 2.98. The summed E-state index contributed by atoms with van der Waals surface area (Å²) in [6.45, 7) is 2.44. The SMILES string of the molecule is COc1ccc(CCNC(=O)/C(=C/c2ccc(C)cc2)NC(=O)c2ccccc2)cc1. The topological polar surface area (TPSA) is 67.4 Å². The van der Waals surface area contributed by atoms with E-state index in [4.69, 9.17) is 4.74 Å². The van der Waals surface area contributed by atoms with Crippen LogP contribution in [0.15, 0.2) is 84.6 Å². The Kier molecular flexibility index (Phi) is 7.60. The molecule has 0 saturated heterocycles. The van der Waals surface area contributed by atoms with Gasteiger partial charge in [0.25, 0.3) is 11.8 Å². The van der Waals surface area contributed by atoms with Gasteiger partial charge in [-0.25, -0.2) is 0 Å². The molecule has 5 heteroatoms. The minimum Gasteiger partial charge on any atom is -0.497 e. The molecular weight excluding hydrogens is 388 g/mol. The number of ether oxygens (including phenoxy) is 1. The molecule has 158 valence electrons. The van der Waals surface area contributed by atoms with Crippen LogP contribution in [-0.2, 0) is 11.2 Å². The zero-order valence-electron chi connectivity index (χ0n) is 17.7. The van der Waals surface area contributed by atoms with Crippen molar-refractivity contribution in [3.05, 3.63) is 107 Å². The molecule has 0 radical (unpaired) electrons. The fourth-order valence-corrected chi connectivity index (χ4v) is 2.98. The van der Waals surface area contributed by atoms with Crippen molar-refractivity contribution < 1.29 is 14.3 Å². The lowest BCUT2D eigenvalue weighted by Gasteiger charge is -2.12. The Balaban J connectivity index is 1.70. The van der Waals surface area contributed by atoms with Crippen LogP contribution in [0.25, 0.3) is 6.08 Å². The van der Waals surface area contributed by atoms with Crippen LogP contribution >= 0.6 is 0 Å². The predicted molar refractivity (Wildman–Crippen MR) is 123 cm³/mol. The summed E-state index contributed by atoms with van der Waals surface area (Å²) in [5.41, 5.74) is 3.73. The number of rotatable bonds is 8. The molecule has 0 unspecified atom stereocenters. The smallest absolute Gasteiger partial charge is 0.267 e. The molecule has 0 aliphatic heterocycles. The molecular formula is C26H26N2O3. The highest BCUT2D eigenvalue weighted by Crippen LogP contribution is 2.12. The fraction of sp³-hybridized carbons (Fsp3) is 0.154. The molecule has 0 spiro atoms. The molecule has 0 aliphatic rings. The summed E-state index contributed by atoms with van der Waals surface area (Å²) < 4.78 is 5.16. The van der Waals surface area contributed by atoms with Gasteiger partial charge in [0.15, 0.2) is 0 Å². The molecule has 5 nitrogen and oxygen atoms in total. The summed E-state index contributed by atoms with van der Waals surface area (Å²) in [5.74, 6) is 0.127. The van der Waals surface area contributed by atoms with Crippen LogP contribution in [0, 0.1) is 6.92 Å². The summed E-state index contributed by atoms with van der Waals surface area (Å²) in [5, 5.41) is 5.65. The summed E-state index contributed by atoms with van der Waals surface area (Å²) >= 11 is 0. The lowest BCUT2D eigenvalue weighted by atomic mass is 10.1. The average molecular weight is 415 g/mol. The van der Waals surface area contributed by atoms with Crippen molar-refractivity contribution in [3.63, 3.8) is 0 Å². The second kappa shape index (κ2) is 10.8. The van der Waals surface area contributed by atoms with Gasteiger partial charge in [-0.1, -0.05) is 60.2 Å². The van der Waals surface area contributed by atoms with E-state index >= 15 is 0 Å². The van der Waals surface area contributed by atoms with E-state index in [0.29, 0.717) is 18.5 Å². The molecule has 0 heterocycles. The third kappa shape index (κ3) is 6.57. The van der Waals surface area contributed by atoms with Crippen LogP contribution in [0.2, 0.25) is 0 Å². The van der Waals surface area contributed by atoms with Crippen LogP contribution in [0.4, 0.5) is 0 Å². The van der Waals surface area contributed by atoms with Gasteiger partial charge in [0.1, 0.15) is 11.4 Å². The first kappa shape index (κ1) is 21.8. The summed E-state index contributed by atoms with van der Waals surface area (Å²) in [7, 11) is 1.63. The normalized spacial score (nSPS) is 11.0. The molecule has 0 bridgehead atoms. The van der Waals surface area contributed by atoms with Crippen LogP contribution in [-0.4, -0.2) is 25.5 Å². The van der Waals surface area contributed by atoms with E-state index < -0.39 is 0 Å². The van der Waals surface area contributed by atoms with E-state index in [9.17, 15) is 9.59 Å². The number of benzene rings is 3. The Hall–Kier alpha value is -3.86. The van der Waals surface area contributed by atoms with Crippen molar-refractivity contribution in [1.29, 1.82) is 0 Å². The highest BCUT2D eigenvalue weighted by Gasteiger charge is 2.14. The second-order valence-electron chi connectivity index (χ2n) is 7.14. The summed E-state index contributed by atoms with van der Waals surface area (Å²) in [6.07, 6.45) is 2.35. The van der Waals surface area contributed by atoms with E-state index in [-0.39, 0.29) is 17.5 Å². The van der Waals surface area contributed by atoms with Crippen LogP contribution in [0.1, 0.15) is 27.0 Å². The molecule has 0 aromatic heterocycles. The first-order valence-electron chi connectivity index (χ1n) is 10.1. The van der Waals surface area contributed by atoms with Crippen molar-refractivity contribution in [2.24, 2.45) is 0 Å². The number of methoxy groups -OCH3 is 1. The van der Waals surface area contributed by atoms with Crippen molar-refractivity contribution in [1.82, 2.24) is 10.6 Å². The van der Waals surface area contributed by atoms with Crippen LogP contribution in [0.3, 0.4) is 0 Å². The van der Waals surface area contributed by atoms with Crippen LogP contribution < -0.4 is 15.4 Å². The van der Waals surface area contributed by atoms with E-state index in [2.05, 4.69) is 10.6 Å². The highest BCUT2D eigenvalue weighted by atomic mass is 16.5. The lowest BCUT2D eigenvalue weighted by molar-refractivity contribution is -0.117. The minimum absolute atomic E-state index is 0.201. The maximum absolute atomic E-state index is 12.9. The Labute approximate surface area is 182 Å². The average Bonchev–Trinajstić information content (AvgIpc) is 2.81. The van der Waals surface area contributed by atoms with E-state index in [1.165, 1.54) is 0 Å². The van der Waals surface area contributed by atoms with Gasteiger partial charge in [-0.2, -0.15) is 0 Å². The Morgan fingerprint density at radius 1 is 0.903 bits per heavy atom. The van der Waals surface area contributed by atoms with Gasteiger partial charge in [-0.3, -0.25) is 9.59 Å². The first-order chi connectivity index (χ1) is 15.0. The van der Waals surface area contributed by atoms with E-state index in [1.807, 2.05) is 61.5 Å². The van der Waals surface area contributed by atoms with Gasteiger partial charge in [-0.15, -0.1) is 0 Å². The van der Waals surface area contributed by atoms with Gasteiger partial charge >= 0.3 is 0 Å². The Morgan fingerprint density at radius 3 is 2.23 bits per heavy atom. The summed E-state index contributed by atoms with van der Waals surface area (Å²) in [6, 6.07) is 24.3. The molecule has 3 aromatic carbocycles. The quantitative estimate of drug-likeness (QED) is 0.545. The molecule has 3 rings (SSSR count). The standard InChI is InChI=1S/C26H26N2O3/c1-19-8-10-21(11-9-19)18-24(28-25(29)22-6-4-3-5-7-22)26(30)27-17-16-20-12-14-23(31-2)15-13-20/h3-15,18H,16-17H2,1-2H3,(H,27,30)(H,28,29)/b24-18-. The van der Waals surface area contributed by atoms with Gasteiger partial charge in [0.05, 0.1) is 7.11 Å². The third-order valence-corrected chi connectivity index (χ3v) is 4.78. The van der Waals surface area contributed by atoms with Crippen molar-refractivity contribution >= 4 is 17.9 Å². The Bertz CT molecular complexity index is 1040. The lowest BCUT2D eigenvalue weighted by Crippen LogP contribution is -2.35. The summed E-state index contributed by atoms with van der Waals surface area (Å²) in [4.78, 5) is 25.5. The van der Waals surface area contributed by atoms with Crippen molar-refractivity contribution in [2.75, 3.05) is 13.7 Å². The van der Waals surface area contributed by atoms with Gasteiger partial charge in [0, 0.05) is 12.1 Å². The number of carbonyl (C=O) groups excluding carboxylic acids is 2. The minimum atomic E-state index is -0.335. The second-order valence-corrected chi connectivity index (χ2v) is 7.14. The number of carbonyl (C=O) groups is 2. The highest BCUT2D eigenvalue weighted by molar-refractivity contribution is 6.05. The van der Waals surface area contributed by atoms with Crippen LogP contribution in [0.5, 0.6) is 5.75 Å². The first-order valence-corrected chi connectivity index (χ1v) is 10.1. The molecule has 0 atom stereocenters. The molecule has 2 amide bonds. The monoisotopic (exact) mass is 414 g/mol. The third-order valence-electron chi connectivity index (χ3n) is 4.78. The number of aryl methyl sites for hydroxylation is 1. The molecule has 3 aromatic rings.